The summed E-state index contributed by atoms with van der Waals surface area (Å²) in [7, 11) is 0. The summed E-state index contributed by atoms with van der Waals surface area (Å²) in [5.41, 5.74) is 1.28. The number of thioether (sulfide) groups is 1. The molecule has 2 aliphatic rings. The average Bonchev–Trinajstić information content (AvgIpc) is 3.06. The summed E-state index contributed by atoms with van der Waals surface area (Å²) in [6.45, 7) is 5.34. The summed E-state index contributed by atoms with van der Waals surface area (Å²) in [4.78, 5) is 14.9. The summed E-state index contributed by atoms with van der Waals surface area (Å²) in [6, 6.07) is 10.8. The van der Waals surface area contributed by atoms with Crippen LogP contribution in [0.1, 0.15) is 37.8 Å². The zero-order valence-electron chi connectivity index (χ0n) is 13.7. The molecule has 128 valence electrons. The van der Waals surface area contributed by atoms with E-state index in [-0.39, 0.29) is 18.4 Å². The van der Waals surface area contributed by atoms with E-state index in [9.17, 15) is 4.79 Å². The molecule has 0 spiro atoms. The molecular weight excluding hydrogens is 328 g/mol. The van der Waals surface area contributed by atoms with Gasteiger partial charge >= 0.3 is 0 Å². The van der Waals surface area contributed by atoms with Crippen LogP contribution in [0.3, 0.4) is 0 Å². The fraction of sp³-hybridized carbons (Fsp3) is 0.611. The minimum Gasteiger partial charge on any atom is -0.334 e. The van der Waals surface area contributed by atoms with E-state index in [4.69, 9.17) is 0 Å². The molecule has 1 amide bonds. The van der Waals surface area contributed by atoms with Gasteiger partial charge in [-0.15, -0.1) is 12.4 Å². The summed E-state index contributed by atoms with van der Waals surface area (Å²) >= 11 is 1.98. The summed E-state index contributed by atoms with van der Waals surface area (Å²) in [5.74, 6) is 2.09. The molecule has 5 heteroatoms. The van der Waals surface area contributed by atoms with Crippen LogP contribution in [0, 0.1) is 5.92 Å². The third-order valence-electron chi connectivity index (χ3n) is 4.88. The van der Waals surface area contributed by atoms with Gasteiger partial charge in [-0.3, -0.25) is 4.79 Å². The highest BCUT2D eigenvalue weighted by Gasteiger charge is 2.33. The third-order valence-corrected chi connectivity index (χ3v) is 6.09. The number of halogens is 1. The van der Waals surface area contributed by atoms with E-state index in [0.29, 0.717) is 23.5 Å². The lowest BCUT2D eigenvalue weighted by molar-refractivity contribution is -0.133. The number of hydrogen-bond donors (Lipinski definition) is 1. The van der Waals surface area contributed by atoms with Gasteiger partial charge in [0.25, 0.3) is 0 Å². The molecule has 0 saturated carbocycles. The fourth-order valence-corrected chi connectivity index (χ4v) is 4.79. The van der Waals surface area contributed by atoms with E-state index >= 15 is 0 Å². The maximum Gasteiger partial charge on any atom is 0.223 e. The first-order valence-corrected chi connectivity index (χ1v) is 9.47. The van der Waals surface area contributed by atoms with Gasteiger partial charge in [-0.05, 0) is 37.4 Å². The molecule has 2 saturated heterocycles. The molecule has 3 unspecified atom stereocenters. The van der Waals surface area contributed by atoms with Crippen molar-refractivity contribution in [3.63, 3.8) is 0 Å². The Morgan fingerprint density at radius 1 is 1.35 bits per heavy atom. The number of hydrogen-bond acceptors (Lipinski definition) is 3. The SMILES string of the molecule is CC1SCCN(C(=O)CCC2CCNC2)C1c1ccccc1.Cl. The van der Waals surface area contributed by atoms with Crippen LogP contribution in [-0.4, -0.2) is 41.4 Å². The Balaban J connectivity index is 0.00000192. The van der Waals surface area contributed by atoms with Gasteiger partial charge in [-0.25, -0.2) is 0 Å². The van der Waals surface area contributed by atoms with Gasteiger partial charge in [0.05, 0.1) is 6.04 Å². The molecule has 3 nitrogen and oxygen atoms in total. The van der Waals surface area contributed by atoms with Crippen LogP contribution in [0.5, 0.6) is 0 Å². The Bertz CT molecular complexity index is 493. The second-order valence-corrected chi connectivity index (χ2v) is 7.90. The Morgan fingerprint density at radius 3 is 2.83 bits per heavy atom. The van der Waals surface area contributed by atoms with Crippen LogP contribution < -0.4 is 5.32 Å². The quantitative estimate of drug-likeness (QED) is 0.898. The number of carbonyl (C=O) groups excluding carboxylic acids is 1. The number of carbonyl (C=O) groups is 1. The monoisotopic (exact) mass is 354 g/mol. The fourth-order valence-electron chi connectivity index (χ4n) is 3.63. The highest BCUT2D eigenvalue weighted by Crippen LogP contribution is 2.36. The van der Waals surface area contributed by atoms with Crippen LogP contribution in [0.25, 0.3) is 0 Å². The van der Waals surface area contributed by atoms with Crippen molar-refractivity contribution in [1.82, 2.24) is 10.2 Å². The molecule has 1 aromatic carbocycles. The zero-order chi connectivity index (χ0) is 15.4. The van der Waals surface area contributed by atoms with Crippen LogP contribution >= 0.6 is 24.2 Å². The lowest BCUT2D eigenvalue weighted by Gasteiger charge is -2.40. The topological polar surface area (TPSA) is 32.3 Å². The number of rotatable bonds is 4. The van der Waals surface area contributed by atoms with E-state index in [2.05, 4.69) is 41.4 Å². The Labute approximate surface area is 150 Å². The van der Waals surface area contributed by atoms with E-state index in [0.717, 1.165) is 31.8 Å². The van der Waals surface area contributed by atoms with Crippen molar-refractivity contribution in [3.8, 4) is 0 Å². The number of nitrogens with one attached hydrogen (secondary N) is 1. The van der Waals surface area contributed by atoms with Gasteiger partial charge in [-0.2, -0.15) is 11.8 Å². The van der Waals surface area contributed by atoms with E-state index in [1.54, 1.807) is 0 Å². The van der Waals surface area contributed by atoms with Crippen molar-refractivity contribution in [1.29, 1.82) is 0 Å². The molecule has 2 fully saturated rings. The Morgan fingerprint density at radius 2 is 2.13 bits per heavy atom. The van der Waals surface area contributed by atoms with Crippen molar-refractivity contribution >= 4 is 30.1 Å². The predicted octanol–water partition coefficient (Wildman–Crippen LogP) is 3.50. The molecule has 2 aliphatic heterocycles. The first-order chi connectivity index (χ1) is 10.8. The largest absolute Gasteiger partial charge is 0.334 e. The second-order valence-electron chi connectivity index (χ2n) is 6.42. The van der Waals surface area contributed by atoms with Gasteiger partial charge in [0.2, 0.25) is 5.91 Å². The molecule has 0 aliphatic carbocycles. The molecule has 0 aromatic heterocycles. The van der Waals surface area contributed by atoms with Gasteiger partial charge < -0.3 is 10.2 Å². The van der Waals surface area contributed by atoms with Crippen LogP contribution in [0.4, 0.5) is 0 Å². The van der Waals surface area contributed by atoms with Crippen LogP contribution in [0.2, 0.25) is 0 Å². The highest BCUT2D eigenvalue weighted by atomic mass is 35.5. The first kappa shape index (κ1) is 18.6. The molecular formula is C18H27ClN2OS. The molecule has 1 aromatic rings. The zero-order valence-corrected chi connectivity index (χ0v) is 15.4. The predicted molar refractivity (Wildman–Crippen MR) is 100 cm³/mol. The summed E-state index contributed by atoms with van der Waals surface area (Å²) < 4.78 is 0. The lowest BCUT2D eigenvalue weighted by atomic mass is 9.99. The van der Waals surface area contributed by atoms with Crippen molar-refractivity contribution in [3.05, 3.63) is 35.9 Å². The minimum atomic E-state index is 0. The summed E-state index contributed by atoms with van der Waals surface area (Å²) in [6.07, 6.45) is 2.96. The number of benzene rings is 1. The van der Waals surface area contributed by atoms with Crippen molar-refractivity contribution in [2.75, 3.05) is 25.4 Å². The van der Waals surface area contributed by atoms with Crippen LogP contribution in [-0.2, 0) is 4.79 Å². The molecule has 23 heavy (non-hydrogen) atoms. The molecule has 0 radical (unpaired) electrons. The van der Waals surface area contributed by atoms with Crippen molar-refractivity contribution in [2.45, 2.75) is 37.5 Å². The van der Waals surface area contributed by atoms with E-state index in [1.807, 2.05) is 17.8 Å². The average molecular weight is 355 g/mol. The standard InChI is InChI=1S/C18H26N2OS.ClH/c1-14-18(16-5-3-2-4-6-16)20(11-12-22-14)17(21)8-7-15-9-10-19-13-15;/h2-6,14-15,18-19H,7-13H2,1H3;1H. The van der Waals surface area contributed by atoms with Gasteiger partial charge in [0.15, 0.2) is 0 Å². The minimum absolute atomic E-state index is 0. The third kappa shape index (κ3) is 4.65. The molecule has 3 atom stereocenters. The number of amides is 1. The summed E-state index contributed by atoms with van der Waals surface area (Å²) in [5, 5.41) is 3.86. The van der Waals surface area contributed by atoms with Gasteiger partial charge in [0, 0.05) is 24.0 Å². The van der Waals surface area contributed by atoms with Crippen molar-refractivity contribution < 1.29 is 4.79 Å². The maximum atomic E-state index is 12.8. The Kier molecular flexibility index (Phi) is 7.25. The second kappa shape index (κ2) is 8.95. The lowest BCUT2D eigenvalue weighted by Crippen LogP contribution is -2.44. The highest BCUT2D eigenvalue weighted by molar-refractivity contribution is 8.00. The maximum absolute atomic E-state index is 12.8. The number of nitrogens with zero attached hydrogens (tertiary/aromatic N) is 1. The first-order valence-electron chi connectivity index (χ1n) is 8.42. The smallest absolute Gasteiger partial charge is 0.223 e. The normalized spacial score (nSPS) is 27.5. The van der Waals surface area contributed by atoms with Gasteiger partial charge in [0.1, 0.15) is 0 Å². The molecule has 3 rings (SSSR count). The Hall–Kier alpha value is -0.710. The van der Waals surface area contributed by atoms with E-state index < -0.39 is 0 Å². The molecule has 2 heterocycles. The van der Waals surface area contributed by atoms with Crippen molar-refractivity contribution in [2.24, 2.45) is 5.92 Å². The molecule has 1 N–H and O–H groups in total. The van der Waals surface area contributed by atoms with E-state index in [1.165, 1.54) is 12.0 Å². The van der Waals surface area contributed by atoms with Crippen LogP contribution in [0.15, 0.2) is 30.3 Å². The molecule has 0 bridgehead atoms. The van der Waals surface area contributed by atoms with Gasteiger partial charge in [-0.1, -0.05) is 37.3 Å².